The van der Waals surface area contributed by atoms with Gasteiger partial charge in [-0.05, 0) is 18.2 Å². The van der Waals surface area contributed by atoms with Gasteiger partial charge in [0.05, 0.1) is 24.0 Å². The molecule has 1 aromatic heterocycles. The number of methoxy groups -OCH3 is 1. The second-order valence-electron chi connectivity index (χ2n) is 5.60. The van der Waals surface area contributed by atoms with E-state index < -0.39 is 0 Å². The molecule has 0 saturated carbocycles. The molecule has 0 radical (unpaired) electrons. The van der Waals surface area contributed by atoms with Crippen molar-refractivity contribution >= 4 is 22.5 Å². The Balaban J connectivity index is 1.85. The first-order valence-electron chi connectivity index (χ1n) is 8.07. The molecule has 4 aromatic rings. The topological polar surface area (TPSA) is 47.0 Å². The Morgan fingerprint density at radius 3 is 2.32 bits per heavy atom. The van der Waals surface area contributed by atoms with E-state index in [4.69, 9.17) is 9.72 Å². The van der Waals surface area contributed by atoms with Crippen molar-refractivity contribution in [2.24, 2.45) is 0 Å². The van der Waals surface area contributed by atoms with Gasteiger partial charge in [-0.3, -0.25) is 0 Å². The molecule has 0 aliphatic heterocycles. The number of fused-ring (bicyclic) bond motifs is 1. The number of nitrogens with one attached hydrogen (secondary N) is 1. The minimum absolute atomic E-state index is 0.544. The molecule has 0 spiro atoms. The van der Waals surface area contributed by atoms with Gasteiger partial charge in [-0.25, -0.2) is 9.97 Å². The van der Waals surface area contributed by atoms with E-state index in [1.54, 1.807) is 7.11 Å². The molecule has 122 valence electrons. The molecule has 1 heterocycles. The highest BCUT2D eigenvalue weighted by Gasteiger charge is 2.11. The molecule has 0 unspecified atom stereocenters. The van der Waals surface area contributed by atoms with E-state index in [1.807, 2.05) is 66.7 Å². The SMILES string of the molecule is COc1ccccc1Nc1nc(-c2ccccc2)c2ccccc2n1. The third kappa shape index (κ3) is 3.02. The highest BCUT2D eigenvalue weighted by Crippen LogP contribution is 2.30. The fourth-order valence-electron chi connectivity index (χ4n) is 2.82. The summed E-state index contributed by atoms with van der Waals surface area (Å²) in [4.78, 5) is 9.42. The van der Waals surface area contributed by atoms with E-state index in [0.29, 0.717) is 5.95 Å². The van der Waals surface area contributed by atoms with Crippen molar-refractivity contribution in [1.29, 1.82) is 0 Å². The van der Waals surface area contributed by atoms with Crippen LogP contribution in [0.3, 0.4) is 0 Å². The molecule has 0 aliphatic carbocycles. The summed E-state index contributed by atoms with van der Waals surface area (Å²) >= 11 is 0. The Hall–Kier alpha value is -3.40. The summed E-state index contributed by atoms with van der Waals surface area (Å²) in [5, 5.41) is 4.31. The van der Waals surface area contributed by atoms with Crippen molar-refractivity contribution in [3.05, 3.63) is 78.9 Å². The first-order chi connectivity index (χ1) is 12.3. The second kappa shape index (κ2) is 6.61. The van der Waals surface area contributed by atoms with Crippen LogP contribution in [0.15, 0.2) is 78.9 Å². The van der Waals surface area contributed by atoms with Crippen LogP contribution >= 0.6 is 0 Å². The van der Waals surface area contributed by atoms with E-state index in [9.17, 15) is 0 Å². The Bertz CT molecular complexity index is 1020. The normalized spacial score (nSPS) is 10.6. The molecule has 3 aromatic carbocycles. The highest BCUT2D eigenvalue weighted by molar-refractivity contribution is 5.93. The lowest BCUT2D eigenvalue weighted by atomic mass is 10.1. The minimum Gasteiger partial charge on any atom is -0.495 e. The van der Waals surface area contributed by atoms with Crippen LogP contribution in [0.4, 0.5) is 11.6 Å². The van der Waals surface area contributed by atoms with E-state index >= 15 is 0 Å². The average Bonchev–Trinajstić information content (AvgIpc) is 2.68. The summed E-state index contributed by atoms with van der Waals surface area (Å²) in [7, 11) is 1.65. The summed E-state index contributed by atoms with van der Waals surface area (Å²) < 4.78 is 5.40. The summed E-state index contributed by atoms with van der Waals surface area (Å²) in [5.41, 5.74) is 3.70. The lowest BCUT2D eigenvalue weighted by Crippen LogP contribution is -2.01. The van der Waals surface area contributed by atoms with Gasteiger partial charge in [0.1, 0.15) is 5.75 Å². The van der Waals surface area contributed by atoms with Gasteiger partial charge in [0.25, 0.3) is 0 Å². The molecule has 4 rings (SSSR count). The fourth-order valence-corrected chi connectivity index (χ4v) is 2.82. The summed E-state index contributed by atoms with van der Waals surface area (Å²) in [6.07, 6.45) is 0. The van der Waals surface area contributed by atoms with Crippen molar-refractivity contribution < 1.29 is 4.74 Å². The number of ether oxygens (including phenoxy) is 1. The van der Waals surface area contributed by atoms with Crippen LogP contribution in [-0.4, -0.2) is 17.1 Å². The molecule has 0 atom stereocenters. The predicted octanol–water partition coefficient (Wildman–Crippen LogP) is 5.05. The van der Waals surface area contributed by atoms with Crippen molar-refractivity contribution in [3.63, 3.8) is 0 Å². The summed E-state index contributed by atoms with van der Waals surface area (Å²) in [6, 6.07) is 25.9. The van der Waals surface area contributed by atoms with E-state index in [2.05, 4.69) is 22.4 Å². The lowest BCUT2D eigenvalue weighted by molar-refractivity contribution is 0.417. The van der Waals surface area contributed by atoms with Crippen LogP contribution in [0.1, 0.15) is 0 Å². The quantitative estimate of drug-likeness (QED) is 0.570. The summed E-state index contributed by atoms with van der Waals surface area (Å²) in [5.74, 6) is 1.29. The van der Waals surface area contributed by atoms with Crippen LogP contribution in [-0.2, 0) is 0 Å². The van der Waals surface area contributed by atoms with Gasteiger partial charge in [0, 0.05) is 10.9 Å². The number of hydrogen-bond donors (Lipinski definition) is 1. The monoisotopic (exact) mass is 327 g/mol. The molecule has 0 aliphatic rings. The summed E-state index contributed by atoms with van der Waals surface area (Å²) in [6.45, 7) is 0. The molecule has 1 N–H and O–H groups in total. The van der Waals surface area contributed by atoms with Crippen molar-refractivity contribution in [1.82, 2.24) is 9.97 Å². The molecular weight excluding hydrogens is 310 g/mol. The van der Waals surface area contributed by atoms with Gasteiger partial charge in [-0.15, -0.1) is 0 Å². The zero-order valence-corrected chi connectivity index (χ0v) is 13.8. The first-order valence-corrected chi connectivity index (χ1v) is 8.07. The second-order valence-corrected chi connectivity index (χ2v) is 5.60. The largest absolute Gasteiger partial charge is 0.495 e. The molecule has 4 nitrogen and oxygen atoms in total. The maximum Gasteiger partial charge on any atom is 0.228 e. The molecular formula is C21H17N3O. The van der Waals surface area contributed by atoms with E-state index in [1.165, 1.54) is 0 Å². The highest BCUT2D eigenvalue weighted by atomic mass is 16.5. The van der Waals surface area contributed by atoms with Crippen molar-refractivity contribution in [3.8, 4) is 17.0 Å². The van der Waals surface area contributed by atoms with Crippen LogP contribution in [0.25, 0.3) is 22.2 Å². The lowest BCUT2D eigenvalue weighted by Gasteiger charge is -2.12. The van der Waals surface area contributed by atoms with Crippen LogP contribution in [0.5, 0.6) is 5.75 Å². The third-order valence-electron chi connectivity index (χ3n) is 4.00. The molecule has 0 saturated heterocycles. The van der Waals surface area contributed by atoms with E-state index in [0.717, 1.165) is 33.6 Å². The number of nitrogens with zero attached hydrogens (tertiary/aromatic N) is 2. The zero-order chi connectivity index (χ0) is 17.1. The number of aromatic nitrogens is 2. The van der Waals surface area contributed by atoms with Gasteiger partial charge in [0.15, 0.2) is 0 Å². The van der Waals surface area contributed by atoms with Gasteiger partial charge >= 0.3 is 0 Å². The maximum absolute atomic E-state index is 5.40. The van der Waals surface area contributed by atoms with Crippen LogP contribution < -0.4 is 10.1 Å². The predicted molar refractivity (Wildman–Crippen MR) is 101 cm³/mol. The van der Waals surface area contributed by atoms with Gasteiger partial charge < -0.3 is 10.1 Å². The Labute approximate surface area is 146 Å². The van der Waals surface area contributed by atoms with E-state index in [-0.39, 0.29) is 0 Å². The van der Waals surface area contributed by atoms with Crippen molar-refractivity contribution in [2.75, 3.05) is 12.4 Å². The maximum atomic E-state index is 5.40. The smallest absolute Gasteiger partial charge is 0.228 e. The van der Waals surface area contributed by atoms with Gasteiger partial charge in [0.2, 0.25) is 5.95 Å². The number of para-hydroxylation sites is 3. The number of rotatable bonds is 4. The van der Waals surface area contributed by atoms with Crippen LogP contribution in [0, 0.1) is 0 Å². The Morgan fingerprint density at radius 2 is 1.48 bits per heavy atom. The third-order valence-corrected chi connectivity index (χ3v) is 4.00. The van der Waals surface area contributed by atoms with Gasteiger partial charge in [-0.1, -0.05) is 60.7 Å². The minimum atomic E-state index is 0.544. The molecule has 4 heteroatoms. The number of anilines is 2. The van der Waals surface area contributed by atoms with Crippen molar-refractivity contribution in [2.45, 2.75) is 0 Å². The van der Waals surface area contributed by atoms with Gasteiger partial charge in [-0.2, -0.15) is 0 Å². The molecule has 0 amide bonds. The average molecular weight is 327 g/mol. The molecule has 25 heavy (non-hydrogen) atoms. The molecule has 0 fully saturated rings. The zero-order valence-electron chi connectivity index (χ0n) is 13.8. The standard InChI is InChI=1S/C21H17N3O/c1-25-19-14-8-7-13-18(19)23-21-22-17-12-6-5-11-16(17)20(24-21)15-9-3-2-4-10-15/h2-14H,1H3,(H,22,23,24). The first kappa shape index (κ1) is 15.1. The Morgan fingerprint density at radius 1 is 0.760 bits per heavy atom. The molecule has 0 bridgehead atoms. The number of benzene rings is 3. The Kier molecular flexibility index (Phi) is 4.01. The van der Waals surface area contributed by atoms with Crippen LogP contribution in [0.2, 0.25) is 0 Å². The fraction of sp³-hybridized carbons (Fsp3) is 0.0476. The number of hydrogen-bond acceptors (Lipinski definition) is 4.